The normalized spacial score (nSPS) is 17.6. The van der Waals surface area contributed by atoms with Gasteiger partial charge < -0.3 is 19.7 Å². The number of piperidine rings is 1. The predicted molar refractivity (Wildman–Crippen MR) is 96.4 cm³/mol. The van der Waals surface area contributed by atoms with Crippen LogP contribution in [0.4, 0.5) is 4.79 Å². The lowest BCUT2D eigenvalue weighted by Crippen LogP contribution is -2.43. The third-order valence-corrected chi connectivity index (χ3v) is 4.30. The Morgan fingerprint density at radius 1 is 1.40 bits per heavy atom. The molecule has 1 fully saturated rings. The Morgan fingerprint density at radius 2 is 2.08 bits per heavy atom. The standard InChI is InChI=1S/C18H32N4O3/c1-14(16-6-9-20-21(16)5)19-10-13-24-15-7-11-22(12-8-15)17(23)25-18(2,3)4/h6,9,14-15,19H,7-8,10-13H2,1-5H3. The van der Waals surface area contributed by atoms with Gasteiger partial charge in [0.15, 0.2) is 0 Å². The Kier molecular flexibility index (Phi) is 6.84. The van der Waals surface area contributed by atoms with E-state index in [0.717, 1.165) is 25.1 Å². The Morgan fingerprint density at radius 3 is 2.64 bits per heavy atom. The van der Waals surface area contributed by atoms with Crippen LogP contribution in [0.15, 0.2) is 12.3 Å². The van der Waals surface area contributed by atoms with Gasteiger partial charge in [-0.1, -0.05) is 0 Å². The minimum atomic E-state index is -0.444. The summed E-state index contributed by atoms with van der Waals surface area (Å²) in [6.07, 6.45) is 3.51. The number of nitrogens with zero attached hydrogens (tertiary/aromatic N) is 3. The molecule has 0 bridgehead atoms. The third-order valence-electron chi connectivity index (χ3n) is 4.30. The average molecular weight is 352 g/mol. The van der Waals surface area contributed by atoms with E-state index in [1.165, 1.54) is 0 Å². The molecule has 0 saturated carbocycles. The van der Waals surface area contributed by atoms with Crippen molar-refractivity contribution in [3.63, 3.8) is 0 Å². The van der Waals surface area contributed by atoms with E-state index in [-0.39, 0.29) is 18.2 Å². The van der Waals surface area contributed by atoms with Gasteiger partial charge in [0.2, 0.25) is 0 Å². The second-order valence-corrected chi connectivity index (χ2v) is 7.59. The molecule has 1 N–H and O–H groups in total. The molecule has 1 saturated heterocycles. The zero-order valence-electron chi connectivity index (χ0n) is 16.1. The maximum Gasteiger partial charge on any atom is 0.410 e. The molecule has 1 aliphatic rings. The Balaban J connectivity index is 1.61. The number of nitrogens with one attached hydrogen (secondary N) is 1. The van der Waals surface area contributed by atoms with Crippen molar-refractivity contribution in [1.29, 1.82) is 0 Å². The molecule has 1 aliphatic heterocycles. The van der Waals surface area contributed by atoms with Gasteiger partial charge in [-0.25, -0.2) is 4.79 Å². The van der Waals surface area contributed by atoms with Gasteiger partial charge in [0.05, 0.1) is 18.4 Å². The quantitative estimate of drug-likeness (QED) is 0.797. The van der Waals surface area contributed by atoms with Crippen LogP contribution in [0.1, 0.15) is 52.3 Å². The fourth-order valence-corrected chi connectivity index (χ4v) is 2.95. The Bertz CT molecular complexity index is 545. The summed E-state index contributed by atoms with van der Waals surface area (Å²) >= 11 is 0. The number of likely N-dealkylation sites (tertiary alicyclic amines) is 1. The highest BCUT2D eigenvalue weighted by molar-refractivity contribution is 5.68. The first-order valence-electron chi connectivity index (χ1n) is 9.07. The first kappa shape index (κ1) is 19.7. The molecule has 0 spiro atoms. The lowest BCUT2D eigenvalue weighted by atomic mass is 10.1. The van der Waals surface area contributed by atoms with E-state index in [2.05, 4.69) is 17.3 Å². The van der Waals surface area contributed by atoms with E-state index in [4.69, 9.17) is 9.47 Å². The summed E-state index contributed by atoms with van der Waals surface area (Å²) in [6.45, 7) is 10.6. The van der Waals surface area contributed by atoms with Gasteiger partial charge >= 0.3 is 6.09 Å². The van der Waals surface area contributed by atoms with Gasteiger partial charge in [-0.15, -0.1) is 0 Å². The fourth-order valence-electron chi connectivity index (χ4n) is 2.95. The molecule has 2 rings (SSSR count). The van der Waals surface area contributed by atoms with E-state index >= 15 is 0 Å². The lowest BCUT2D eigenvalue weighted by Gasteiger charge is -2.33. The lowest BCUT2D eigenvalue weighted by molar-refractivity contribution is -0.0107. The molecule has 2 heterocycles. The minimum absolute atomic E-state index is 0.215. The van der Waals surface area contributed by atoms with Crippen molar-refractivity contribution in [3.8, 4) is 0 Å². The smallest absolute Gasteiger partial charge is 0.410 e. The Labute approximate surface area is 150 Å². The average Bonchev–Trinajstić information content (AvgIpc) is 2.96. The molecule has 0 aromatic carbocycles. The van der Waals surface area contributed by atoms with Gasteiger partial charge in [0.1, 0.15) is 5.60 Å². The van der Waals surface area contributed by atoms with Crippen molar-refractivity contribution in [3.05, 3.63) is 18.0 Å². The van der Waals surface area contributed by atoms with Crippen LogP contribution in [0.5, 0.6) is 0 Å². The fraction of sp³-hybridized carbons (Fsp3) is 0.778. The third kappa shape index (κ3) is 6.32. The zero-order chi connectivity index (χ0) is 18.4. The summed E-state index contributed by atoms with van der Waals surface area (Å²) < 4.78 is 13.2. The summed E-state index contributed by atoms with van der Waals surface area (Å²) in [6, 6.07) is 2.26. The van der Waals surface area contributed by atoms with Gasteiger partial charge in [-0.2, -0.15) is 5.10 Å². The molecule has 142 valence electrons. The number of hydrogen-bond donors (Lipinski definition) is 1. The minimum Gasteiger partial charge on any atom is -0.444 e. The highest BCUT2D eigenvalue weighted by atomic mass is 16.6. The van der Waals surface area contributed by atoms with Crippen LogP contribution in [0.3, 0.4) is 0 Å². The van der Waals surface area contributed by atoms with Crippen molar-refractivity contribution in [2.24, 2.45) is 7.05 Å². The summed E-state index contributed by atoms with van der Waals surface area (Å²) in [5.74, 6) is 0. The van der Waals surface area contributed by atoms with Crippen molar-refractivity contribution in [2.75, 3.05) is 26.2 Å². The van der Waals surface area contributed by atoms with Crippen LogP contribution in [0.25, 0.3) is 0 Å². The van der Waals surface area contributed by atoms with E-state index in [1.54, 1.807) is 4.90 Å². The molecule has 1 atom stereocenters. The molecule has 7 nitrogen and oxygen atoms in total. The van der Waals surface area contributed by atoms with Crippen LogP contribution in [0.2, 0.25) is 0 Å². The van der Waals surface area contributed by atoms with E-state index < -0.39 is 5.60 Å². The maximum atomic E-state index is 12.0. The number of rotatable bonds is 6. The van der Waals surface area contributed by atoms with Crippen LogP contribution in [-0.4, -0.2) is 58.7 Å². The number of carbonyl (C=O) groups excluding carboxylic acids is 1. The van der Waals surface area contributed by atoms with E-state index in [9.17, 15) is 4.79 Å². The van der Waals surface area contributed by atoms with Gasteiger partial charge in [0, 0.05) is 38.9 Å². The molecular weight excluding hydrogens is 320 g/mol. The number of hydrogen-bond acceptors (Lipinski definition) is 5. The summed E-state index contributed by atoms with van der Waals surface area (Å²) in [5.41, 5.74) is 0.714. The van der Waals surface area contributed by atoms with Crippen molar-refractivity contribution in [1.82, 2.24) is 20.0 Å². The maximum absolute atomic E-state index is 12.0. The summed E-state index contributed by atoms with van der Waals surface area (Å²) in [7, 11) is 1.95. The predicted octanol–water partition coefficient (Wildman–Crippen LogP) is 2.49. The van der Waals surface area contributed by atoms with E-state index in [1.807, 2.05) is 44.8 Å². The molecule has 0 aliphatic carbocycles. The molecule has 0 radical (unpaired) electrons. The van der Waals surface area contributed by atoms with Gasteiger partial charge in [-0.3, -0.25) is 4.68 Å². The first-order chi connectivity index (χ1) is 11.8. The second kappa shape index (κ2) is 8.67. The molecule has 1 amide bonds. The van der Waals surface area contributed by atoms with Gasteiger partial charge in [-0.05, 0) is 46.6 Å². The number of ether oxygens (including phenoxy) is 2. The molecular formula is C18H32N4O3. The van der Waals surface area contributed by atoms with Crippen LogP contribution < -0.4 is 5.32 Å². The molecule has 1 aromatic heterocycles. The van der Waals surface area contributed by atoms with Crippen LogP contribution in [0, 0.1) is 0 Å². The monoisotopic (exact) mass is 352 g/mol. The van der Waals surface area contributed by atoms with Crippen molar-refractivity contribution in [2.45, 2.75) is 58.3 Å². The molecule has 7 heteroatoms. The number of aromatic nitrogens is 2. The number of carbonyl (C=O) groups is 1. The number of amides is 1. The summed E-state index contributed by atoms with van der Waals surface area (Å²) in [5, 5.41) is 7.63. The van der Waals surface area contributed by atoms with Crippen molar-refractivity contribution >= 4 is 6.09 Å². The zero-order valence-corrected chi connectivity index (χ0v) is 16.1. The first-order valence-corrected chi connectivity index (χ1v) is 9.07. The molecule has 25 heavy (non-hydrogen) atoms. The Hall–Kier alpha value is -1.60. The highest BCUT2D eigenvalue weighted by Crippen LogP contribution is 2.17. The van der Waals surface area contributed by atoms with Crippen molar-refractivity contribution < 1.29 is 14.3 Å². The van der Waals surface area contributed by atoms with Crippen LogP contribution in [-0.2, 0) is 16.5 Å². The largest absolute Gasteiger partial charge is 0.444 e. The molecule has 1 aromatic rings. The number of aryl methyl sites for hydroxylation is 1. The molecule has 1 unspecified atom stereocenters. The topological polar surface area (TPSA) is 68.6 Å². The second-order valence-electron chi connectivity index (χ2n) is 7.59. The SMILES string of the molecule is CC(NCCOC1CCN(C(=O)OC(C)(C)C)CC1)c1ccnn1C. The summed E-state index contributed by atoms with van der Waals surface area (Å²) in [4.78, 5) is 13.8. The van der Waals surface area contributed by atoms with Crippen LogP contribution >= 0.6 is 0 Å². The van der Waals surface area contributed by atoms with E-state index in [0.29, 0.717) is 19.7 Å². The highest BCUT2D eigenvalue weighted by Gasteiger charge is 2.27. The van der Waals surface area contributed by atoms with Gasteiger partial charge in [0.25, 0.3) is 0 Å².